The normalized spacial score (nSPS) is 15.7. The predicted octanol–water partition coefficient (Wildman–Crippen LogP) is 5.38. The Bertz CT molecular complexity index is 1550. The number of pyridine rings is 2. The van der Waals surface area contributed by atoms with Crippen molar-refractivity contribution in [2.45, 2.75) is 58.7 Å². The van der Waals surface area contributed by atoms with Crippen LogP contribution < -0.4 is 10.6 Å². The summed E-state index contributed by atoms with van der Waals surface area (Å²) in [5.41, 5.74) is 4.18. The number of carbonyl (C=O) groups is 2. The van der Waals surface area contributed by atoms with E-state index in [2.05, 4.69) is 25.5 Å². The molecule has 218 valence electrons. The largest absolute Gasteiger partial charge is 0.444 e. The van der Waals surface area contributed by atoms with Gasteiger partial charge in [-0.25, -0.2) is 14.8 Å². The maximum Gasteiger partial charge on any atom is 0.407 e. The molecule has 0 aliphatic carbocycles. The molecule has 1 fully saturated rings. The molecule has 5 rings (SSSR count). The summed E-state index contributed by atoms with van der Waals surface area (Å²) in [4.78, 5) is 41.4. The topological polar surface area (TPSA) is 114 Å². The Morgan fingerprint density at radius 1 is 1.05 bits per heavy atom. The number of hydrogen-bond donors (Lipinski definition) is 2. The second-order valence-electron chi connectivity index (χ2n) is 11.6. The van der Waals surface area contributed by atoms with Crippen molar-refractivity contribution in [2.24, 2.45) is 0 Å². The van der Waals surface area contributed by atoms with Gasteiger partial charge < -0.3 is 19.9 Å². The molecule has 4 heterocycles. The first-order chi connectivity index (χ1) is 20.1. The van der Waals surface area contributed by atoms with E-state index in [0.29, 0.717) is 24.6 Å². The maximum absolute atomic E-state index is 13.3. The lowest BCUT2D eigenvalue weighted by molar-refractivity contribution is 0.0470. The average molecular weight is 568 g/mol. The third-order valence-corrected chi connectivity index (χ3v) is 6.83. The van der Waals surface area contributed by atoms with Crippen molar-refractivity contribution in [2.75, 3.05) is 18.4 Å². The van der Waals surface area contributed by atoms with E-state index >= 15 is 0 Å². The predicted molar refractivity (Wildman–Crippen MR) is 161 cm³/mol. The zero-order valence-corrected chi connectivity index (χ0v) is 24.5. The smallest absolute Gasteiger partial charge is 0.407 e. The lowest BCUT2D eigenvalue weighted by atomic mass is 10.1. The van der Waals surface area contributed by atoms with E-state index in [1.807, 2.05) is 87.0 Å². The van der Waals surface area contributed by atoms with Crippen LogP contribution in [-0.4, -0.2) is 61.2 Å². The summed E-state index contributed by atoms with van der Waals surface area (Å²) in [5.74, 6) is 0.0796. The fraction of sp³-hybridized carbons (Fsp3) is 0.344. The number of likely N-dealkylation sites (tertiary alicyclic amines) is 1. The minimum absolute atomic E-state index is 0.0183. The number of aromatic nitrogens is 4. The summed E-state index contributed by atoms with van der Waals surface area (Å²) < 4.78 is 7.36. The molecule has 2 N–H and O–H groups in total. The van der Waals surface area contributed by atoms with Gasteiger partial charge >= 0.3 is 6.09 Å². The van der Waals surface area contributed by atoms with Gasteiger partial charge in [0.25, 0.3) is 5.91 Å². The molecule has 42 heavy (non-hydrogen) atoms. The minimum atomic E-state index is -0.548. The molecule has 1 saturated heterocycles. The zero-order chi connectivity index (χ0) is 29.7. The van der Waals surface area contributed by atoms with Gasteiger partial charge in [-0.05, 0) is 76.4 Å². The second kappa shape index (κ2) is 12.5. The number of amides is 2. The number of carbonyl (C=O) groups excluding carboxylic acids is 2. The number of piperidine rings is 1. The van der Waals surface area contributed by atoms with Crippen molar-refractivity contribution in [1.29, 1.82) is 0 Å². The van der Waals surface area contributed by atoms with E-state index in [1.54, 1.807) is 18.6 Å². The van der Waals surface area contributed by atoms with E-state index in [1.165, 1.54) is 0 Å². The van der Waals surface area contributed by atoms with Gasteiger partial charge in [0.05, 0.1) is 23.4 Å². The van der Waals surface area contributed by atoms with Crippen LogP contribution >= 0.6 is 0 Å². The summed E-state index contributed by atoms with van der Waals surface area (Å²) in [7, 11) is 0. The van der Waals surface area contributed by atoms with Crippen LogP contribution in [0.5, 0.6) is 0 Å². The van der Waals surface area contributed by atoms with Gasteiger partial charge in [0.1, 0.15) is 17.1 Å². The van der Waals surface area contributed by atoms with Crippen molar-refractivity contribution in [3.05, 3.63) is 90.4 Å². The van der Waals surface area contributed by atoms with E-state index in [0.717, 1.165) is 47.6 Å². The van der Waals surface area contributed by atoms with Crippen LogP contribution in [0, 0.1) is 6.92 Å². The average Bonchev–Trinajstić information content (AvgIpc) is 3.39. The van der Waals surface area contributed by atoms with Gasteiger partial charge in [-0.2, -0.15) is 0 Å². The van der Waals surface area contributed by atoms with Crippen molar-refractivity contribution < 1.29 is 14.3 Å². The molecule has 1 aliphatic heterocycles. The number of imidazole rings is 1. The molecule has 0 radical (unpaired) electrons. The molecule has 1 aliphatic rings. The second-order valence-corrected chi connectivity index (χ2v) is 11.6. The first-order valence-corrected chi connectivity index (χ1v) is 14.2. The highest BCUT2D eigenvalue weighted by atomic mass is 16.6. The van der Waals surface area contributed by atoms with Crippen molar-refractivity contribution in [1.82, 2.24) is 29.7 Å². The molecule has 2 amide bonds. The Kier molecular flexibility index (Phi) is 8.63. The lowest BCUT2D eigenvalue weighted by Gasteiger charge is -2.33. The molecule has 10 nitrogen and oxygen atoms in total. The number of hydrogen-bond acceptors (Lipinski definition) is 7. The first-order valence-electron chi connectivity index (χ1n) is 14.2. The zero-order valence-electron chi connectivity index (χ0n) is 24.5. The highest BCUT2D eigenvalue weighted by Crippen LogP contribution is 2.22. The monoisotopic (exact) mass is 567 g/mol. The summed E-state index contributed by atoms with van der Waals surface area (Å²) in [6, 6.07) is 17.3. The highest BCUT2D eigenvalue weighted by Gasteiger charge is 2.25. The van der Waals surface area contributed by atoms with E-state index in [9.17, 15) is 9.59 Å². The number of benzene rings is 1. The molecule has 1 aromatic carbocycles. The highest BCUT2D eigenvalue weighted by molar-refractivity contribution is 6.03. The van der Waals surface area contributed by atoms with Crippen LogP contribution in [0.2, 0.25) is 0 Å². The molecule has 1 atom stereocenters. The molecule has 0 saturated carbocycles. The number of nitrogens with one attached hydrogen (secondary N) is 2. The molecule has 3 aromatic heterocycles. The molecule has 0 bridgehead atoms. The van der Waals surface area contributed by atoms with Crippen LogP contribution in [0.3, 0.4) is 0 Å². The van der Waals surface area contributed by atoms with Gasteiger partial charge in [0.15, 0.2) is 0 Å². The lowest BCUT2D eigenvalue weighted by Crippen LogP contribution is -2.48. The number of ether oxygens (including phenoxy) is 1. The van der Waals surface area contributed by atoms with Gasteiger partial charge in [0, 0.05) is 37.6 Å². The van der Waals surface area contributed by atoms with E-state index in [4.69, 9.17) is 9.72 Å². The van der Waals surface area contributed by atoms with Crippen molar-refractivity contribution >= 4 is 17.8 Å². The molecule has 4 aromatic rings. The van der Waals surface area contributed by atoms with Crippen LogP contribution in [-0.2, 0) is 11.3 Å². The summed E-state index contributed by atoms with van der Waals surface area (Å²) >= 11 is 0. The number of alkyl carbamates (subject to hydrolysis) is 1. The molecule has 0 unspecified atom stereocenters. The summed E-state index contributed by atoms with van der Waals surface area (Å²) in [6.45, 7) is 9.59. The third kappa shape index (κ3) is 7.79. The number of anilines is 1. The Balaban J connectivity index is 1.34. The number of aryl methyl sites for hydroxylation is 1. The summed E-state index contributed by atoms with van der Waals surface area (Å²) in [5, 5.41) is 5.95. The fourth-order valence-corrected chi connectivity index (χ4v) is 4.99. The van der Waals surface area contributed by atoms with E-state index in [-0.39, 0.29) is 11.9 Å². The van der Waals surface area contributed by atoms with Crippen molar-refractivity contribution in [3.8, 4) is 16.8 Å². The SMILES string of the molecule is Cc1cn(-c2cc(CN3CCC[C@H](NC(=O)OC(C)(C)C)C3)nc(NC(=O)c3cc(-c4ccccc4)ccn3)c2)cn1. The van der Waals surface area contributed by atoms with Crippen molar-refractivity contribution in [3.63, 3.8) is 0 Å². The van der Waals surface area contributed by atoms with Crippen LogP contribution in [0.15, 0.2) is 73.3 Å². The Hall–Kier alpha value is -4.57. The van der Waals surface area contributed by atoms with Crippen LogP contribution in [0.1, 0.15) is 55.5 Å². The quantitative estimate of drug-likeness (QED) is 0.308. The standard InChI is InChI=1S/C32H37N7O3/c1-22-18-39(21-34-22)27-16-26(20-38-14-8-11-25(19-38)36-31(41)42-32(2,3)4)35-29(17-27)37-30(40)28-15-24(12-13-33-28)23-9-6-5-7-10-23/h5-7,9-10,12-13,15-18,21,25H,8,11,14,19-20H2,1-4H3,(H,36,41)(H,35,37,40)/t25-/m0/s1. The summed E-state index contributed by atoms with van der Waals surface area (Å²) in [6.07, 6.45) is 6.73. The van der Waals surface area contributed by atoms with Crippen LogP contribution in [0.25, 0.3) is 16.8 Å². The Morgan fingerprint density at radius 2 is 1.86 bits per heavy atom. The molecular formula is C32H37N7O3. The third-order valence-electron chi connectivity index (χ3n) is 6.83. The maximum atomic E-state index is 13.3. The number of rotatable bonds is 7. The Labute approximate surface area is 246 Å². The fourth-order valence-electron chi connectivity index (χ4n) is 4.99. The van der Waals surface area contributed by atoms with Gasteiger partial charge in [-0.1, -0.05) is 30.3 Å². The minimum Gasteiger partial charge on any atom is -0.444 e. The number of nitrogens with zero attached hydrogens (tertiary/aromatic N) is 5. The first kappa shape index (κ1) is 28.9. The van der Waals surface area contributed by atoms with Gasteiger partial charge in [-0.3, -0.25) is 14.7 Å². The molecule has 0 spiro atoms. The van der Waals surface area contributed by atoms with Gasteiger partial charge in [-0.15, -0.1) is 0 Å². The molecule has 10 heteroatoms. The van der Waals surface area contributed by atoms with Crippen LogP contribution in [0.4, 0.5) is 10.6 Å². The Morgan fingerprint density at radius 3 is 2.60 bits per heavy atom. The molecular weight excluding hydrogens is 530 g/mol. The van der Waals surface area contributed by atoms with Gasteiger partial charge in [0.2, 0.25) is 0 Å². The van der Waals surface area contributed by atoms with E-state index < -0.39 is 11.7 Å².